The first kappa shape index (κ1) is 15.1. The van der Waals surface area contributed by atoms with Gasteiger partial charge in [-0.05, 0) is 23.7 Å². The van der Waals surface area contributed by atoms with Crippen LogP contribution in [0.4, 0.5) is 0 Å². The molecule has 20 heavy (non-hydrogen) atoms. The second-order valence-corrected chi connectivity index (χ2v) is 6.25. The number of morpholine rings is 1. The highest BCUT2D eigenvalue weighted by atomic mass is 32.2. The van der Waals surface area contributed by atoms with Crippen molar-refractivity contribution in [2.75, 3.05) is 26.3 Å². The number of aromatic nitrogens is 1. The maximum atomic E-state index is 12.6. The number of thioether (sulfide) groups is 1. The second kappa shape index (κ2) is 6.95. The second-order valence-electron chi connectivity index (χ2n) is 5.08. The van der Waals surface area contributed by atoms with Crippen LogP contribution in [0, 0.1) is 11.1 Å². The van der Waals surface area contributed by atoms with Gasteiger partial charge in [0, 0.05) is 25.2 Å². The highest BCUT2D eigenvalue weighted by Gasteiger charge is 2.31. The zero-order valence-electron chi connectivity index (χ0n) is 11.8. The fourth-order valence-electron chi connectivity index (χ4n) is 2.07. The lowest BCUT2D eigenvalue weighted by Crippen LogP contribution is -2.46. The lowest BCUT2D eigenvalue weighted by Gasteiger charge is -2.31. The average molecular weight is 296 g/mol. The van der Waals surface area contributed by atoms with Crippen molar-refractivity contribution in [2.24, 2.45) is 5.92 Å². The average Bonchev–Trinajstić information content (AvgIpc) is 2.46. The molecule has 0 aliphatic carbocycles. The van der Waals surface area contributed by atoms with E-state index in [1.54, 1.807) is 12.1 Å². The molecule has 5 nitrogen and oxygen atoms in total. The van der Waals surface area contributed by atoms with E-state index in [2.05, 4.69) is 0 Å². The number of carbonyl (C=O) groups is 1. The standard InChI is InChI=1S/C14H20N2O3S/c1-11(2)13(14(17)15-7-9-19-10-8-15)20-12-5-3-4-6-16(12)18/h3-6,11,13H,7-10H2,1-2H3/t13-/m0/s1. The Morgan fingerprint density at radius 1 is 1.40 bits per heavy atom. The summed E-state index contributed by atoms with van der Waals surface area (Å²) in [6.07, 6.45) is 1.46. The van der Waals surface area contributed by atoms with Gasteiger partial charge in [-0.2, -0.15) is 4.73 Å². The first-order valence-electron chi connectivity index (χ1n) is 6.81. The predicted molar refractivity (Wildman–Crippen MR) is 77.3 cm³/mol. The van der Waals surface area contributed by atoms with Crippen molar-refractivity contribution in [3.63, 3.8) is 0 Å². The van der Waals surface area contributed by atoms with E-state index in [9.17, 15) is 10.0 Å². The summed E-state index contributed by atoms with van der Waals surface area (Å²) in [6.45, 7) is 6.47. The van der Waals surface area contributed by atoms with Crippen molar-refractivity contribution in [3.8, 4) is 0 Å². The number of pyridine rings is 1. The SMILES string of the molecule is CC(C)[C@H](Sc1cccc[n+]1[O-])C(=O)N1CCOCC1. The first-order chi connectivity index (χ1) is 9.59. The van der Waals surface area contributed by atoms with E-state index in [1.807, 2.05) is 24.8 Å². The molecule has 1 fully saturated rings. The van der Waals surface area contributed by atoms with Gasteiger partial charge in [0.2, 0.25) is 5.91 Å². The van der Waals surface area contributed by atoms with Crippen molar-refractivity contribution in [1.82, 2.24) is 4.90 Å². The van der Waals surface area contributed by atoms with Crippen molar-refractivity contribution >= 4 is 17.7 Å². The Hall–Kier alpha value is -1.27. The van der Waals surface area contributed by atoms with Crippen LogP contribution in [0.1, 0.15) is 13.8 Å². The summed E-state index contributed by atoms with van der Waals surface area (Å²) in [5.41, 5.74) is 0. The van der Waals surface area contributed by atoms with Crippen molar-refractivity contribution in [3.05, 3.63) is 29.6 Å². The molecule has 0 aromatic carbocycles. The largest absolute Gasteiger partial charge is 0.618 e. The molecule has 2 heterocycles. The number of hydrogen-bond acceptors (Lipinski definition) is 4. The van der Waals surface area contributed by atoms with Crippen molar-refractivity contribution < 1.29 is 14.3 Å². The Morgan fingerprint density at radius 2 is 2.10 bits per heavy atom. The Bertz CT molecular complexity index is 461. The minimum Gasteiger partial charge on any atom is -0.618 e. The molecule has 110 valence electrons. The van der Waals surface area contributed by atoms with Gasteiger partial charge in [-0.15, -0.1) is 0 Å². The molecule has 1 amide bonds. The summed E-state index contributed by atoms with van der Waals surface area (Å²) in [5.74, 6) is 0.257. The van der Waals surface area contributed by atoms with E-state index in [0.717, 1.165) is 4.73 Å². The van der Waals surface area contributed by atoms with Gasteiger partial charge in [-0.3, -0.25) is 4.79 Å². The van der Waals surface area contributed by atoms with Gasteiger partial charge < -0.3 is 14.8 Å². The Balaban J connectivity index is 2.10. The summed E-state index contributed by atoms with van der Waals surface area (Å²) >= 11 is 1.34. The molecule has 1 aliphatic rings. The topological polar surface area (TPSA) is 56.5 Å². The molecule has 0 bridgehead atoms. The lowest BCUT2D eigenvalue weighted by atomic mass is 10.1. The van der Waals surface area contributed by atoms with Gasteiger partial charge in [0.15, 0.2) is 6.20 Å². The van der Waals surface area contributed by atoms with Crippen LogP contribution < -0.4 is 4.73 Å². The summed E-state index contributed by atoms with van der Waals surface area (Å²) in [4.78, 5) is 14.4. The van der Waals surface area contributed by atoms with Gasteiger partial charge in [-0.25, -0.2) is 0 Å². The molecule has 2 rings (SSSR count). The third kappa shape index (κ3) is 3.64. The molecule has 0 radical (unpaired) electrons. The summed E-state index contributed by atoms with van der Waals surface area (Å²) < 4.78 is 6.08. The molecule has 1 saturated heterocycles. The number of nitrogens with zero attached hydrogens (tertiary/aromatic N) is 2. The van der Waals surface area contributed by atoms with Crippen LogP contribution in [-0.2, 0) is 9.53 Å². The van der Waals surface area contributed by atoms with Crippen LogP contribution in [0.5, 0.6) is 0 Å². The minimum atomic E-state index is -0.240. The minimum absolute atomic E-state index is 0.0946. The third-order valence-electron chi connectivity index (χ3n) is 3.21. The zero-order chi connectivity index (χ0) is 14.5. The molecule has 0 N–H and O–H groups in total. The fraction of sp³-hybridized carbons (Fsp3) is 0.571. The number of carbonyl (C=O) groups excluding carboxylic acids is 1. The van der Waals surface area contributed by atoms with Crippen LogP contribution in [-0.4, -0.2) is 42.4 Å². The van der Waals surface area contributed by atoms with Gasteiger partial charge in [0.25, 0.3) is 5.03 Å². The molecule has 0 unspecified atom stereocenters. The molecule has 1 atom stereocenters. The Morgan fingerprint density at radius 3 is 2.70 bits per heavy atom. The smallest absolute Gasteiger partial charge is 0.252 e. The molecule has 1 aliphatic heterocycles. The summed E-state index contributed by atoms with van der Waals surface area (Å²) in [6, 6.07) is 5.25. The van der Waals surface area contributed by atoms with E-state index in [-0.39, 0.29) is 17.1 Å². The van der Waals surface area contributed by atoms with E-state index < -0.39 is 0 Å². The maximum absolute atomic E-state index is 12.6. The normalized spacial score (nSPS) is 17.2. The van der Waals surface area contributed by atoms with Gasteiger partial charge in [-0.1, -0.05) is 13.8 Å². The zero-order valence-corrected chi connectivity index (χ0v) is 12.6. The van der Waals surface area contributed by atoms with Crippen molar-refractivity contribution in [2.45, 2.75) is 24.1 Å². The quantitative estimate of drug-likeness (QED) is 0.477. The summed E-state index contributed by atoms with van der Waals surface area (Å²) in [7, 11) is 0. The van der Waals surface area contributed by atoms with E-state index in [4.69, 9.17) is 4.74 Å². The first-order valence-corrected chi connectivity index (χ1v) is 7.69. The summed E-state index contributed by atoms with van der Waals surface area (Å²) in [5, 5.41) is 12.0. The molecule has 1 aromatic heterocycles. The van der Waals surface area contributed by atoms with Crippen LogP contribution >= 0.6 is 11.8 Å². The Kier molecular flexibility index (Phi) is 5.25. The predicted octanol–water partition coefficient (Wildman–Crippen LogP) is 1.30. The molecule has 0 spiro atoms. The van der Waals surface area contributed by atoms with E-state index in [0.29, 0.717) is 31.3 Å². The highest BCUT2D eigenvalue weighted by Crippen LogP contribution is 2.27. The van der Waals surface area contributed by atoms with Crippen molar-refractivity contribution in [1.29, 1.82) is 0 Å². The lowest BCUT2D eigenvalue weighted by molar-refractivity contribution is -0.645. The van der Waals surface area contributed by atoms with E-state index >= 15 is 0 Å². The van der Waals surface area contributed by atoms with Gasteiger partial charge in [0.1, 0.15) is 0 Å². The molecule has 0 saturated carbocycles. The molecule has 1 aromatic rings. The molecule has 6 heteroatoms. The monoisotopic (exact) mass is 296 g/mol. The number of rotatable bonds is 4. The molecular weight excluding hydrogens is 276 g/mol. The van der Waals surface area contributed by atoms with Crippen LogP contribution in [0.2, 0.25) is 0 Å². The van der Waals surface area contributed by atoms with Crippen LogP contribution in [0.25, 0.3) is 0 Å². The van der Waals surface area contributed by atoms with Crippen LogP contribution in [0.15, 0.2) is 29.4 Å². The number of amides is 1. The molecular formula is C14H20N2O3S. The Labute approximate surface area is 123 Å². The number of ether oxygens (including phenoxy) is 1. The van der Waals surface area contributed by atoms with E-state index in [1.165, 1.54) is 18.0 Å². The van der Waals surface area contributed by atoms with Gasteiger partial charge in [0.05, 0.1) is 18.5 Å². The number of hydrogen-bond donors (Lipinski definition) is 0. The third-order valence-corrected chi connectivity index (χ3v) is 4.77. The maximum Gasteiger partial charge on any atom is 0.252 e. The fourth-order valence-corrected chi connectivity index (χ4v) is 3.17. The van der Waals surface area contributed by atoms with Crippen LogP contribution in [0.3, 0.4) is 0 Å². The van der Waals surface area contributed by atoms with Gasteiger partial charge >= 0.3 is 0 Å². The highest BCUT2D eigenvalue weighted by molar-refractivity contribution is 8.00.